The van der Waals surface area contributed by atoms with Crippen LogP contribution in [0.25, 0.3) is 0 Å². The molecule has 0 saturated heterocycles. The number of ether oxygens (including phenoxy) is 1. The van der Waals surface area contributed by atoms with Gasteiger partial charge in [0.15, 0.2) is 0 Å². The maximum atomic E-state index is 13.8. The zero-order chi connectivity index (χ0) is 29.8. The molecule has 0 fully saturated rings. The first-order valence-electron chi connectivity index (χ1n) is 8.15. The third-order valence-electron chi connectivity index (χ3n) is 4.01. The largest absolute Gasteiger partial charge is 1.00 e. The summed E-state index contributed by atoms with van der Waals surface area (Å²) in [4.78, 5) is -1.96. The van der Waals surface area contributed by atoms with E-state index in [4.69, 9.17) is 0 Å². The van der Waals surface area contributed by atoms with Gasteiger partial charge in [-0.15, -0.1) is 0 Å². The van der Waals surface area contributed by atoms with E-state index in [1.165, 1.54) is 0 Å². The second kappa shape index (κ2) is 10.5. The van der Waals surface area contributed by atoms with Gasteiger partial charge >= 0.3 is 71.5 Å². The molecular formula is C15H4F17NaO4S. The Bertz CT molecular complexity index is 1160. The molecule has 0 aromatic heterocycles. The molecule has 0 aliphatic heterocycles. The van der Waals surface area contributed by atoms with Gasteiger partial charge in [-0.05, 0) is 12.1 Å². The Kier molecular flexibility index (Phi) is 10.0. The van der Waals surface area contributed by atoms with E-state index in [0.29, 0.717) is 12.1 Å². The Morgan fingerprint density at radius 3 is 1.39 bits per heavy atom. The van der Waals surface area contributed by atoms with Crippen LogP contribution in [0.15, 0.2) is 40.8 Å². The molecule has 0 heterocycles. The first-order chi connectivity index (χ1) is 16.0. The van der Waals surface area contributed by atoms with Gasteiger partial charge in [0, 0.05) is 0 Å². The molecule has 0 unspecified atom stereocenters. The molecule has 0 atom stereocenters. The first kappa shape index (κ1) is 36.5. The van der Waals surface area contributed by atoms with Gasteiger partial charge in [0.05, 0.1) is 4.90 Å². The molecule has 0 N–H and O–H groups in total. The average Bonchev–Trinajstić information content (AvgIpc) is 2.70. The van der Waals surface area contributed by atoms with Crippen molar-refractivity contribution in [1.29, 1.82) is 0 Å². The van der Waals surface area contributed by atoms with E-state index in [-0.39, 0.29) is 41.7 Å². The van der Waals surface area contributed by atoms with Crippen LogP contribution in [-0.2, 0) is 10.1 Å². The summed E-state index contributed by atoms with van der Waals surface area (Å²) < 4.78 is 259. The van der Waals surface area contributed by atoms with Crippen molar-refractivity contribution in [2.75, 3.05) is 0 Å². The summed E-state index contributed by atoms with van der Waals surface area (Å²) in [5.41, 5.74) is 0. The summed E-state index contributed by atoms with van der Waals surface area (Å²) in [5, 5.41) is 0. The maximum Gasteiger partial charge on any atom is 1.00 e. The predicted octanol–water partition coefficient (Wildman–Crippen LogP) is 3.46. The molecule has 23 heteroatoms. The van der Waals surface area contributed by atoms with Gasteiger partial charge in [-0.25, -0.2) is 17.2 Å². The van der Waals surface area contributed by atoms with Crippen LogP contribution in [0.3, 0.4) is 0 Å². The Morgan fingerprint density at radius 2 is 1.03 bits per heavy atom. The number of halogens is 17. The van der Waals surface area contributed by atoms with E-state index in [0.717, 1.165) is 0 Å². The molecule has 0 aliphatic rings. The summed E-state index contributed by atoms with van der Waals surface area (Å²) in [6.07, 6.45) is -14.7. The summed E-state index contributed by atoms with van der Waals surface area (Å²) in [7, 11) is -5.91. The Labute approximate surface area is 220 Å². The van der Waals surface area contributed by atoms with Crippen molar-refractivity contribution >= 4 is 10.1 Å². The Hall–Kier alpha value is -1.52. The summed E-state index contributed by atoms with van der Waals surface area (Å²) in [6, 6.07) is 0.987. The van der Waals surface area contributed by atoms with E-state index in [1.807, 2.05) is 0 Å². The monoisotopic (exact) mass is 626 g/mol. The average molecular weight is 626 g/mol. The Morgan fingerprint density at radius 1 is 0.658 bits per heavy atom. The number of alkyl halides is 15. The van der Waals surface area contributed by atoms with Crippen LogP contribution >= 0.6 is 0 Å². The molecule has 1 rings (SSSR count). The zero-order valence-electron chi connectivity index (χ0n) is 17.3. The third-order valence-corrected chi connectivity index (χ3v) is 4.88. The van der Waals surface area contributed by atoms with E-state index in [2.05, 4.69) is 4.74 Å². The van der Waals surface area contributed by atoms with Crippen molar-refractivity contribution in [1.82, 2.24) is 0 Å². The van der Waals surface area contributed by atoms with E-state index >= 15 is 0 Å². The molecule has 1 aromatic carbocycles. The van der Waals surface area contributed by atoms with Crippen LogP contribution in [-0.4, -0.2) is 54.9 Å². The van der Waals surface area contributed by atoms with E-state index in [9.17, 15) is 87.6 Å². The second-order valence-electron chi connectivity index (χ2n) is 6.52. The fourth-order valence-corrected chi connectivity index (χ4v) is 2.65. The minimum absolute atomic E-state index is 0. The zero-order valence-corrected chi connectivity index (χ0v) is 20.1. The fraction of sp³-hybridized carbons (Fsp3) is 0.467. The van der Waals surface area contributed by atoms with Crippen molar-refractivity contribution in [3.8, 4) is 5.75 Å². The molecule has 0 radical (unpaired) electrons. The van der Waals surface area contributed by atoms with Crippen molar-refractivity contribution in [2.24, 2.45) is 0 Å². The first-order valence-corrected chi connectivity index (χ1v) is 9.56. The second-order valence-corrected chi connectivity index (χ2v) is 7.87. The van der Waals surface area contributed by atoms with Crippen LogP contribution in [0.1, 0.15) is 0 Å². The van der Waals surface area contributed by atoms with Gasteiger partial charge in [0.2, 0.25) is 11.7 Å². The normalized spacial score (nSPS) is 15.5. The van der Waals surface area contributed by atoms with E-state index in [1.54, 1.807) is 0 Å². The third kappa shape index (κ3) is 5.82. The topological polar surface area (TPSA) is 66.4 Å². The number of hydrogen-bond acceptors (Lipinski definition) is 4. The van der Waals surface area contributed by atoms with Gasteiger partial charge in [0.1, 0.15) is 15.9 Å². The molecule has 0 amide bonds. The van der Waals surface area contributed by atoms with Crippen molar-refractivity contribution in [2.45, 2.75) is 46.8 Å². The van der Waals surface area contributed by atoms with Crippen molar-refractivity contribution in [3.05, 3.63) is 35.9 Å². The molecule has 0 saturated carbocycles. The summed E-state index contributed by atoms with van der Waals surface area (Å²) in [6.45, 7) is 0. The predicted molar refractivity (Wildman–Crippen MR) is 80.0 cm³/mol. The number of hydrogen-bond donors (Lipinski definition) is 0. The standard InChI is InChI=1S/C15H5F17O4S.Na/c16-7(9(18,19)11(22,23)13(26,27)14(28,29)30)8(17)10(20,21)12(24,25)15(31,32)36-5-3-1-2-4-6(5)37(33,34)35;/h1-4H,(H,33,34,35);/q;+1/p-1/b8-7+;. The van der Waals surface area contributed by atoms with Gasteiger partial charge in [-0.3, -0.25) is 0 Å². The van der Waals surface area contributed by atoms with Gasteiger partial charge in [-0.2, -0.15) is 65.9 Å². The smallest absolute Gasteiger partial charge is 0.744 e. The van der Waals surface area contributed by atoms with Crippen molar-refractivity contribution in [3.63, 3.8) is 0 Å². The van der Waals surface area contributed by atoms with Crippen molar-refractivity contribution < 1.29 is 122 Å². The fourth-order valence-electron chi connectivity index (χ4n) is 2.05. The molecule has 38 heavy (non-hydrogen) atoms. The minimum atomic E-state index is -8.20. The van der Waals surface area contributed by atoms with Crippen LogP contribution < -0.4 is 34.3 Å². The van der Waals surface area contributed by atoms with Crippen LogP contribution in [0.4, 0.5) is 74.6 Å². The van der Waals surface area contributed by atoms with E-state index < -0.39 is 74.3 Å². The van der Waals surface area contributed by atoms with Crippen LogP contribution in [0, 0.1) is 0 Å². The number of benzene rings is 1. The molecule has 4 nitrogen and oxygen atoms in total. The molecular weight excluding hydrogens is 622 g/mol. The van der Waals surface area contributed by atoms with Gasteiger partial charge < -0.3 is 9.29 Å². The Balaban J connectivity index is 0.0000137. The van der Waals surface area contributed by atoms with Crippen LogP contribution in [0.2, 0.25) is 0 Å². The van der Waals surface area contributed by atoms with Crippen LogP contribution in [0.5, 0.6) is 5.75 Å². The molecule has 1 aromatic rings. The molecule has 0 bridgehead atoms. The van der Waals surface area contributed by atoms with Gasteiger partial charge in [0.25, 0.3) is 0 Å². The summed E-state index contributed by atoms with van der Waals surface area (Å²) >= 11 is 0. The maximum absolute atomic E-state index is 13.8. The molecule has 0 aliphatic carbocycles. The number of allylic oxidation sites excluding steroid dienone is 2. The quantitative estimate of drug-likeness (QED) is 0.240. The summed E-state index contributed by atoms with van der Waals surface area (Å²) in [5.74, 6) is -52.8. The molecule has 214 valence electrons. The van der Waals surface area contributed by atoms with Gasteiger partial charge in [-0.1, -0.05) is 12.1 Å². The molecule has 0 spiro atoms. The number of rotatable bonds is 9. The number of para-hydroxylation sites is 1. The minimum Gasteiger partial charge on any atom is -0.744 e. The SMILES string of the molecule is O=S(=O)([O-])c1ccccc1OC(F)(F)C(F)(F)C(F)(F)/C(F)=C(\F)C(F)(F)C(F)(F)C(F)(F)C(F)(F)F.[Na+].